The van der Waals surface area contributed by atoms with E-state index in [1.807, 2.05) is 0 Å². The number of hydrogen-bond donors (Lipinski definition) is 4. The molecule has 6 nitrogen and oxygen atoms in total. The average Bonchev–Trinajstić information content (AvgIpc) is 1.85. The van der Waals surface area contributed by atoms with Gasteiger partial charge in [0.2, 0.25) is 0 Å². The summed E-state index contributed by atoms with van der Waals surface area (Å²) in [5.74, 6) is -2.51. The van der Waals surface area contributed by atoms with E-state index in [0.29, 0.717) is 12.2 Å². The Bertz CT molecular complexity index is 138. The molecule has 0 spiro atoms. The number of rotatable bonds is 2. The van der Waals surface area contributed by atoms with E-state index < -0.39 is 11.9 Å². The minimum absolute atomic E-state index is 0. The van der Waals surface area contributed by atoms with E-state index in [1.165, 1.54) is 0 Å². The fourth-order valence-electron chi connectivity index (χ4n) is 0.143. The van der Waals surface area contributed by atoms with Crippen LogP contribution in [0.3, 0.4) is 0 Å². The minimum Gasteiger partial charge on any atom is -0.478 e. The number of carboxylic acids is 2. The maximum Gasteiger partial charge on any atom is 0.328 e. The standard InChI is InChI=1S/C4H4O4.C2H6O.H3N/c5-3(6)1-2-4(7)8;1-2-3;/h1-2H,(H,5,6)(H,7,8);3H,2H2,1H3;1H3/b2-1+;;. The van der Waals surface area contributed by atoms with Crippen LogP contribution < -0.4 is 6.15 Å². The van der Waals surface area contributed by atoms with E-state index >= 15 is 0 Å². The fourth-order valence-corrected chi connectivity index (χ4v) is 0.143. The molecule has 0 aliphatic rings. The van der Waals surface area contributed by atoms with Crippen molar-refractivity contribution in [2.75, 3.05) is 6.61 Å². The molecule has 0 saturated carbocycles. The highest BCUT2D eigenvalue weighted by atomic mass is 16.4. The Morgan fingerprint density at radius 2 is 1.33 bits per heavy atom. The zero-order valence-electron chi connectivity index (χ0n) is 6.73. The Morgan fingerprint density at radius 1 is 1.17 bits per heavy atom. The number of carbonyl (C=O) groups is 2. The first-order chi connectivity index (χ1) is 5.04. The van der Waals surface area contributed by atoms with Gasteiger partial charge in [0.1, 0.15) is 0 Å². The van der Waals surface area contributed by atoms with E-state index in [4.69, 9.17) is 15.3 Å². The van der Waals surface area contributed by atoms with Gasteiger partial charge >= 0.3 is 11.9 Å². The lowest BCUT2D eigenvalue weighted by Crippen LogP contribution is -1.91. The Kier molecular flexibility index (Phi) is 17.3. The van der Waals surface area contributed by atoms with Crippen molar-refractivity contribution < 1.29 is 24.9 Å². The summed E-state index contributed by atoms with van der Waals surface area (Å²) in [6.45, 7) is 1.93. The zero-order chi connectivity index (χ0) is 9.28. The van der Waals surface area contributed by atoms with Gasteiger partial charge in [0.25, 0.3) is 0 Å². The van der Waals surface area contributed by atoms with Gasteiger partial charge in [-0.2, -0.15) is 0 Å². The van der Waals surface area contributed by atoms with Crippen LogP contribution in [0.1, 0.15) is 6.92 Å². The van der Waals surface area contributed by atoms with Gasteiger partial charge in [0, 0.05) is 18.8 Å². The van der Waals surface area contributed by atoms with Gasteiger partial charge < -0.3 is 21.5 Å². The quantitative estimate of drug-likeness (QED) is 0.437. The number of carboxylic acid groups (broad SMARTS) is 2. The molecule has 0 bridgehead atoms. The van der Waals surface area contributed by atoms with Crippen LogP contribution in [-0.2, 0) is 9.59 Å². The molecule has 0 unspecified atom stereocenters. The molecule has 0 aromatic rings. The topological polar surface area (TPSA) is 130 Å². The molecule has 0 aliphatic heterocycles. The summed E-state index contributed by atoms with van der Waals surface area (Å²) in [4.78, 5) is 19.1. The molecule has 0 amide bonds. The minimum atomic E-state index is -1.26. The Morgan fingerprint density at radius 3 is 1.42 bits per heavy atom. The van der Waals surface area contributed by atoms with Crippen LogP contribution >= 0.6 is 0 Å². The predicted octanol–water partition coefficient (Wildman–Crippen LogP) is -0.128. The summed E-state index contributed by atoms with van der Waals surface area (Å²) >= 11 is 0. The second-order valence-corrected chi connectivity index (χ2v) is 1.33. The average molecular weight is 179 g/mol. The third-order valence-corrected chi connectivity index (χ3v) is 0.368. The van der Waals surface area contributed by atoms with Crippen LogP contribution in [0.4, 0.5) is 0 Å². The smallest absolute Gasteiger partial charge is 0.328 e. The number of hydrogen-bond acceptors (Lipinski definition) is 4. The number of aliphatic hydroxyl groups is 1. The van der Waals surface area contributed by atoms with E-state index in [0.717, 1.165) is 0 Å². The van der Waals surface area contributed by atoms with E-state index in [1.54, 1.807) is 6.92 Å². The molecule has 0 fully saturated rings. The molecule has 0 rings (SSSR count). The first-order valence-corrected chi connectivity index (χ1v) is 2.79. The summed E-state index contributed by atoms with van der Waals surface area (Å²) in [5.41, 5.74) is 0. The highest BCUT2D eigenvalue weighted by Crippen LogP contribution is 1.70. The van der Waals surface area contributed by atoms with Crippen molar-refractivity contribution in [1.29, 1.82) is 0 Å². The van der Waals surface area contributed by atoms with E-state index in [9.17, 15) is 9.59 Å². The van der Waals surface area contributed by atoms with Crippen molar-refractivity contribution in [3.8, 4) is 0 Å². The Balaban J connectivity index is -0.000000177. The maximum atomic E-state index is 9.55. The normalized spacial score (nSPS) is 7.83. The summed E-state index contributed by atoms with van der Waals surface area (Å²) < 4.78 is 0. The van der Waals surface area contributed by atoms with Crippen LogP contribution in [0.25, 0.3) is 0 Å². The van der Waals surface area contributed by atoms with Gasteiger partial charge in [-0.25, -0.2) is 9.59 Å². The molecular weight excluding hydrogens is 166 g/mol. The van der Waals surface area contributed by atoms with Crippen LogP contribution in [0.2, 0.25) is 0 Å². The van der Waals surface area contributed by atoms with Crippen molar-refractivity contribution in [3.63, 3.8) is 0 Å². The first-order valence-electron chi connectivity index (χ1n) is 2.79. The van der Waals surface area contributed by atoms with Crippen LogP contribution in [0.15, 0.2) is 12.2 Å². The number of aliphatic hydroxyl groups excluding tert-OH is 1. The van der Waals surface area contributed by atoms with Crippen molar-refractivity contribution in [1.82, 2.24) is 6.15 Å². The molecule has 0 heterocycles. The molecule has 72 valence electrons. The Labute approximate surface area is 69.7 Å². The molecular formula is C6H13NO5. The summed E-state index contributed by atoms with van der Waals surface area (Å²) in [7, 11) is 0. The van der Waals surface area contributed by atoms with Crippen molar-refractivity contribution >= 4 is 11.9 Å². The molecule has 0 radical (unpaired) electrons. The van der Waals surface area contributed by atoms with Gasteiger partial charge in [-0.05, 0) is 6.92 Å². The monoisotopic (exact) mass is 179 g/mol. The van der Waals surface area contributed by atoms with Gasteiger partial charge in [-0.15, -0.1) is 0 Å². The Hall–Kier alpha value is -1.40. The predicted molar refractivity (Wildman–Crippen MR) is 42.2 cm³/mol. The largest absolute Gasteiger partial charge is 0.478 e. The second kappa shape index (κ2) is 12.3. The lowest BCUT2D eigenvalue weighted by atomic mass is 10.5. The third kappa shape index (κ3) is 38.3. The van der Waals surface area contributed by atoms with Gasteiger partial charge in [0.15, 0.2) is 0 Å². The lowest BCUT2D eigenvalue weighted by Gasteiger charge is -1.74. The second-order valence-electron chi connectivity index (χ2n) is 1.33. The molecule has 0 aromatic heterocycles. The van der Waals surface area contributed by atoms with Crippen molar-refractivity contribution in [2.45, 2.75) is 6.92 Å². The lowest BCUT2D eigenvalue weighted by molar-refractivity contribution is -0.134. The number of aliphatic carboxylic acids is 2. The van der Waals surface area contributed by atoms with Crippen LogP contribution in [0.5, 0.6) is 0 Å². The maximum absolute atomic E-state index is 9.55. The molecule has 0 aliphatic carbocycles. The summed E-state index contributed by atoms with van der Waals surface area (Å²) in [6, 6.07) is 0. The first kappa shape index (κ1) is 16.9. The molecule has 0 aromatic carbocycles. The molecule has 6 heteroatoms. The summed E-state index contributed by atoms with van der Waals surface area (Å²) in [6.07, 6.45) is 1.12. The van der Waals surface area contributed by atoms with E-state index in [2.05, 4.69) is 0 Å². The molecule has 0 atom stereocenters. The van der Waals surface area contributed by atoms with Gasteiger partial charge in [-0.1, -0.05) is 0 Å². The van der Waals surface area contributed by atoms with Crippen molar-refractivity contribution in [3.05, 3.63) is 12.2 Å². The molecule has 6 N–H and O–H groups in total. The molecule has 12 heavy (non-hydrogen) atoms. The highest BCUT2D eigenvalue weighted by molar-refractivity contribution is 5.89. The van der Waals surface area contributed by atoms with E-state index in [-0.39, 0.29) is 12.8 Å². The third-order valence-electron chi connectivity index (χ3n) is 0.368. The van der Waals surface area contributed by atoms with Crippen LogP contribution in [0, 0.1) is 0 Å². The van der Waals surface area contributed by atoms with Crippen molar-refractivity contribution in [2.24, 2.45) is 0 Å². The van der Waals surface area contributed by atoms with Crippen LogP contribution in [-0.4, -0.2) is 33.9 Å². The zero-order valence-corrected chi connectivity index (χ0v) is 6.73. The summed E-state index contributed by atoms with van der Waals surface area (Å²) in [5, 5.41) is 23.2. The SMILES string of the molecule is CCO.N.O=C(O)/C=C/C(=O)O. The van der Waals surface area contributed by atoms with Gasteiger partial charge in [0.05, 0.1) is 0 Å². The molecule has 0 saturated heterocycles. The van der Waals surface area contributed by atoms with Gasteiger partial charge in [-0.3, -0.25) is 0 Å². The fraction of sp³-hybridized carbons (Fsp3) is 0.333. The highest BCUT2D eigenvalue weighted by Gasteiger charge is 1.88.